The van der Waals surface area contributed by atoms with Crippen LogP contribution < -0.4 is 10.1 Å². The molecule has 27 heavy (non-hydrogen) atoms. The second-order valence-electron chi connectivity index (χ2n) is 7.61. The summed E-state index contributed by atoms with van der Waals surface area (Å²) < 4.78 is 11.0. The van der Waals surface area contributed by atoms with Crippen LogP contribution in [-0.4, -0.2) is 35.4 Å². The molecule has 0 aliphatic carbocycles. The van der Waals surface area contributed by atoms with Crippen molar-refractivity contribution in [2.24, 2.45) is 0 Å². The molecule has 6 heteroatoms. The van der Waals surface area contributed by atoms with Gasteiger partial charge in [-0.25, -0.2) is 9.59 Å². The number of carboxylic acid groups (broad SMARTS) is 1. The van der Waals surface area contributed by atoms with Crippen LogP contribution in [0.3, 0.4) is 0 Å². The van der Waals surface area contributed by atoms with E-state index < -0.39 is 23.7 Å². The van der Waals surface area contributed by atoms with Crippen LogP contribution in [0, 0.1) is 0 Å². The van der Waals surface area contributed by atoms with Gasteiger partial charge in [-0.05, 0) is 38.8 Å². The van der Waals surface area contributed by atoms with Crippen molar-refractivity contribution in [3.05, 3.63) is 29.8 Å². The van der Waals surface area contributed by atoms with E-state index in [1.807, 2.05) is 24.3 Å². The number of carboxylic acids is 1. The number of hydrogen-bond donors (Lipinski definition) is 2. The summed E-state index contributed by atoms with van der Waals surface area (Å²) in [7, 11) is 0. The van der Waals surface area contributed by atoms with Gasteiger partial charge in [-0.2, -0.15) is 0 Å². The van der Waals surface area contributed by atoms with Crippen LogP contribution >= 0.6 is 0 Å². The number of aliphatic carboxylic acids is 1. The Hall–Kier alpha value is -2.24. The van der Waals surface area contributed by atoms with Crippen molar-refractivity contribution < 1.29 is 24.2 Å². The number of hydrogen-bond acceptors (Lipinski definition) is 4. The molecule has 1 rings (SSSR count). The van der Waals surface area contributed by atoms with Crippen LogP contribution in [0.15, 0.2) is 24.3 Å². The van der Waals surface area contributed by atoms with Gasteiger partial charge in [0.25, 0.3) is 0 Å². The summed E-state index contributed by atoms with van der Waals surface area (Å²) in [6, 6.07) is 6.24. The first-order valence-electron chi connectivity index (χ1n) is 9.66. The van der Waals surface area contributed by atoms with Crippen LogP contribution in [0.4, 0.5) is 4.79 Å². The van der Waals surface area contributed by atoms with Crippen molar-refractivity contribution in [2.75, 3.05) is 6.61 Å². The van der Waals surface area contributed by atoms with Crippen LogP contribution in [0.25, 0.3) is 0 Å². The molecule has 0 fully saturated rings. The molecule has 1 atom stereocenters. The predicted molar refractivity (Wildman–Crippen MR) is 105 cm³/mol. The van der Waals surface area contributed by atoms with Crippen LogP contribution in [-0.2, 0) is 16.0 Å². The van der Waals surface area contributed by atoms with Gasteiger partial charge in [0, 0.05) is 6.42 Å². The van der Waals surface area contributed by atoms with E-state index in [1.165, 1.54) is 19.3 Å². The number of para-hydroxylation sites is 1. The van der Waals surface area contributed by atoms with Gasteiger partial charge >= 0.3 is 12.1 Å². The number of amides is 1. The minimum Gasteiger partial charge on any atom is -0.493 e. The van der Waals surface area contributed by atoms with E-state index in [1.54, 1.807) is 20.8 Å². The minimum atomic E-state index is -1.12. The zero-order chi connectivity index (χ0) is 20.3. The number of unbranched alkanes of at least 4 members (excludes halogenated alkanes) is 4. The lowest BCUT2D eigenvalue weighted by Crippen LogP contribution is -2.44. The zero-order valence-corrected chi connectivity index (χ0v) is 16.9. The van der Waals surface area contributed by atoms with E-state index in [0.717, 1.165) is 18.4 Å². The monoisotopic (exact) mass is 379 g/mol. The summed E-state index contributed by atoms with van der Waals surface area (Å²) in [4.78, 5) is 23.5. The lowest BCUT2D eigenvalue weighted by atomic mass is 10.0. The first kappa shape index (κ1) is 22.8. The molecule has 0 saturated carbocycles. The molecule has 2 N–H and O–H groups in total. The molecule has 152 valence electrons. The second kappa shape index (κ2) is 11.5. The third kappa shape index (κ3) is 9.87. The molecule has 1 aromatic carbocycles. The molecule has 0 saturated heterocycles. The molecule has 6 nitrogen and oxygen atoms in total. The average molecular weight is 379 g/mol. The number of nitrogens with one attached hydrogen (secondary N) is 1. The van der Waals surface area contributed by atoms with Crippen LogP contribution in [0.5, 0.6) is 5.75 Å². The molecule has 1 aromatic rings. The maximum absolute atomic E-state index is 11.9. The molecule has 0 aromatic heterocycles. The van der Waals surface area contributed by atoms with Crippen molar-refractivity contribution in [1.82, 2.24) is 5.32 Å². The minimum absolute atomic E-state index is 0.126. The van der Waals surface area contributed by atoms with Gasteiger partial charge in [-0.1, -0.05) is 50.8 Å². The Balaban J connectivity index is 2.65. The zero-order valence-electron chi connectivity index (χ0n) is 16.9. The summed E-state index contributed by atoms with van der Waals surface area (Å²) in [6.07, 6.45) is 5.09. The van der Waals surface area contributed by atoms with Crippen LogP contribution in [0.1, 0.15) is 65.4 Å². The van der Waals surface area contributed by atoms with E-state index in [2.05, 4.69) is 12.2 Å². The Bertz CT molecular complexity index is 594. The van der Waals surface area contributed by atoms with Crippen molar-refractivity contribution in [3.63, 3.8) is 0 Å². The Morgan fingerprint density at radius 2 is 1.78 bits per heavy atom. The van der Waals surface area contributed by atoms with Crippen LogP contribution in [0.2, 0.25) is 0 Å². The Morgan fingerprint density at radius 1 is 1.11 bits per heavy atom. The lowest BCUT2D eigenvalue weighted by molar-refractivity contribution is -0.139. The number of alkyl carbamates (subject to hydrolysis) is 1. The average Bonchev–Trinajstić information content (AvgIpc) is 2.57. The molecule has 0 aliphatic rings. The van der Waals surface area contributed by atoms with Gasteiger partial charge < -0.3 is 19.9 Å². The number of ether oxygens (including phenoxy) is 2. The summed E-state index contributed by atoms with van der Waals surface area (Å²) in [5, 5.41) is 11.9. The molecule has 1 amide bonds. The Morgan fingerprint density at radius 3 is 2.41 bits per heavy atom. The summed E-state index contributed by atoms with van der Waals surface area (Å²) >= 11 is 0. The highest BCUT2D eigenvalue weighted by atomic mass is 16.6. The van der Waals surface area contributed by atoms with Gasteiger partial charge in [-0.3, -0.25) is 0 Å². The topological polar surface area (TPSA) is 84.9 Å². The molecular formula is C21H33NO5. The van der Waals surface area contributed by atoms with E-state index >= 15 is 0 Å². The summed E-state index contributed by atoms with van der Waals surface area (Å²) in [6.45, 7) is 7.96. The van der Waals surface area contributed by atoms with Crippen molar-refractivity contribution in [1.29, 1.82) is 0 Å². The van der Waals surface area contributed by atoms with E-state index in [0.29, 0.717) is 12.4 Å². The molecule has 0 heterocycles. The maximum Gasteiger partial charge on any atom is 0.408 e. The first-order valence-corrected chi connectivity index (χ1v) is 9.66. The molecule has 0 spiro atoms. The highest BCUT2D eigenvalue weighted by molar-refractivity contribution is 5.80. The standard InChI is InChI=1S/C21H33NO5/c1-5-6-7-8-11-14-26-18-13-10-9-12-16(18)15-17(19(23)24)22-20(25)27-21(2,3)4/h9-10,12-13,17H,5-8,11,14-15H2,1-4H3,(H,22,25)(H,23,24). The van der Waals surface area contributed by atoms with E-state index in [-0.39, 0.29) is 6.42 Å². The first-order chi connectivity index (χ1) is 12.7. The number of carbonyl (C=O) groups is 2. The van der Waals surface area contributed by atoms with E-state index in [4.69, 9.17) is 9.47 Å². The lowest BCUT2D eigenvalue weighted by Gasteiger charge is -2.22. The number of carbonyl (C=O) groups excluding carboxylic acids is 1. The molecule has 1 unspecified atom stereocenters. The smallest absolute Gasteiger partial charge is 0.408 e. The van der Waals surface area contributed by atoms with Gasteiger partial charge in [0.1, 0.15) is 17.4 Å². The SMILES string of the molecule is CCCCCCCOc1ccccc1CC(NC(=O)OC(C)(C)C)C(=O)O. The third-order valence-electron chi connectivity index (χ3n) is 3.89. The Kier molecular flexibility index (Phi) is 9.68. The highest BCUT2D eigenvalue weighted by Gasteiger charge is 2.25. The van der Waals surface area contributed by atoms with Gasteiger partial charge in [0.2, 0.25) is 0 Å². The quantitative estimate of drug-likeness (QED) is 0.551. The van der Waals surface area contributed by atoms with Gasteiger partial charge in [0.15, 0.2) is 0 Å². The predicted octanol–water partition coefficient (Wildman–Crippen LogP) is 4.56. The number of rotatable bonds is 11. The van der Waals surface area contributed by atoms with Crippen molar-refractivity contribution in [2.45, 2.75) is 77.9 Å². The number of benzene rings is 1. The normalized spacial score (nSPS) is 12.3. The molecule has 0 radical (unpaired) electrons. The fraction of sp³-hybridized carbons (Fsp3) is 0.619. The molecule has 0 aliphatic heterocycles. The fourth-order valence-corrected chi connectivity index (χ4v) is 2.57. The highest BCUT2D eigenvalue weighted by Crippen LogP contribution is 2.20. The summed E-state index contributed by atoms with van der Waals surface area (Å²) in [5.74, 6) is -0.458. The van der Waals surface area contributed by atoms with Gasteiger partial charge in [0.05, 0.1) is 6.61 Å². The van der Waals surface area contributed by atoms with Crippen molar-refractivity contribution >= 4 is 12.1 Å². The molecular weight excluding hydrogens is 346 g/mol. The van der Waals surface area contributed by atoms with Crippen molar-refractivity contribution in [3.8, 4) is 5.75 Å². The summed E-state index contributed by atoms with van der Waals surface area (Å²) in [5.41, 5.74) is 0.0564. The molecule has 0 bridgehead atoms. The third-order valence-corrected chi connectivity index (χ3v) is 3.89. The van der Waals surface area contributed by atoms with Gasteiger partial charge in [-0.15, -0.1) is 0 Å². The largest absolute Gasteiger partial charge is 0.493 e. The second-order valence-corrected chi connectivity index (χ2v) is 7.61. The van der Waals surface area contributed by atoms with E-state index in [9.17, 15) is 14.7 Å². The maximum atomic E-state index is 11.9. The fourth-order valence-electron chi connectivity index (χ4n) is 2.57. The Labute approximate surface area is 162 Å².